The molecule has 27 heavy (non-hydrogen) atoms. The molecule has 1 saturated carbocycles. The predicted octanol–water partition coefficient (Wildman–Crippen LogP) is 3.08. The summed E-state index contributed by atoms with van der Waals surface area (Å²) in [4.78, 5) is 17.7. The van der Waals surface area contributed by atoms with Gasteiger partial charge in [-0.05, 0) is 41.8 Å². The maximum absolute atomic E-state index is 13.1. The summed E-state index contributed by atoms with van der Waals surface area (Å²) in [5.41, 5.74) is 2.48. The molecule has 1 N–H and O–H groups in total. The normalized spacial score (nSPS) is 16.2. The van der Waals surface area contributed by atoms with Crippen LogP contribution in [0.2, 0.25) is 0 Å². The van der Waals surface area contributed by atoms with E-state index in [0.717, 1.165) is 53.9 Å². The van der Waals surface area contributed by atoms with E-state index in [2.05, 4.69) is 31.9 Å². The molecule has 1 amide bonds. The Kier molecular flexibility index (Phi) is 4.98. The second-order valence-electron chi connectivity index (χ2n) is 7.02. The van der Waals surface area contributed by atoms with Crippen LogP contribution in [-0.2, 0) is 16.9 Å². The Morgan fingerprint density at radius 3 is 2.85 bits per heavy atom. The van der Waals surface area contributed by atoms with Crippen LogP contribution in [0, 0.1) is 6.92 Å². The number of tetrazole rings is 1. The average Bonchev–Trinajstić information content (AvgIpc) is 3.39. The van der Waals surface area contributed by atoms with Crippen LogP contribution in [0.25, 0.3) is 10.6 Å². The third kappa shape index (κ3) is 3.62. The lowest BCUT2D eigenvalue weighted by molar-refractivity contribution is -0.132. The fraction of sp³-hybridized carbons (Fsp3) is 0.421. The second kappa shape index (κ2) is 7.56. The maximum atomic E-state index is 13.1. The summed E-state index contributed by atoms with van der Waals surface area (Å²) >= 11 is 1.63. The number of carbonyl (C=O) groups excluding carboxylic acids is 1. The van der Waals surface area contributed by atoms with Gasteiger partial charge in [-0.1, -0.05) is 37.5 Å². The van der Waals surface area contributed by atoms with Crippen molar-refractivity contribution in [3.05, 3.63) is 47.2 Å². The van der Waals surface area contributed by atoms with Gasteiger partial charge in [-0.2, -0.15) is 0 Å². The van der Waals surface area contributed by atoms with E-state index in [-0.39, 0.29) is 5.91 Å². The molecule has 0 atom stereocenters. The van der Waals surface area contributed by atoms with Crippen LogP contribution in [0.3, 0.4) is 0 Å². The molecule has 0 radical (unpaired) electrons. The summed E-state index contributed by atoms with van der Waals surface area (Å²) in [7, 11) is 0. The van der Waals surface area contributed by atoms with Gasteiger partial charge < -0.3 is 5.32 Å². The Morgan fingerprint density at radius 1 is 1.30 bits per heavy atom. The molecule has 8 heteroatoms. The van der Waals surface area contributed by atoms with Crippen LogP contribution in [0.15, 0.2) is 36.0 Å². The molecule has 1 aromatic carbocycles. The van der Waals surface area contributed by atoms with Gasteiger partial charge in [-0.25, -0.2) is 9.67 Å². The number of nitrogens with zero attached hydrogens (tertiary/aromatic N) is 5. The number of thiazole rings is 1. The summed E-state index contributed by atoms with van der Waals surface area (Å²) in [5, 5.41) is 17.7. The zero-order chi connectivity index (χ0) is 18.7. The number of benzene rings is 1. The van der Waals surface area contributed by atoms with Gasteiger partial charge in [-0.15, -0.1) is 16.4 Å². The molecular weight excluding hydrogens is 360 g/mol. The molecule has 0 unspecified atom stereocenters. The largest absolute Gasteiger partial charge is 0.350 e. The standard InChI is InChI=1S/C19H22N6OS/c1-14-12-27-17(22-14)16-7-5-6-15(10-16)11-20-18(26)19(8-3-2-4-9-19)25-13-21-23-24-25/h5-7,10,12-13H,2-4,8-9,11H2,1H3,(H,20,26). The predicted molar refractivity (Wildman–Crippen MR) is 103 cm³/mol. The molecular formula is C19H22N6OS. The zero-order valence-electron chi connectivity index (χ0n) is 15.3. The highest BCUT2D eigenvalue weighted by molar-refractivity contribution is 7.13. The average molecular weight is 382 g/mol. The highest BCUT2D eigenvalue weighted by Gasteiger charge is 2.42. The molecule has 0 bridgehead atoms. The summed E-state index contributed by atoms with van der Waals surface area (Å²) in [6, 6.07) is 8.16. The molecule has 1 aliphatic rings. The third-order valence-electron chi connectivity index (χ3n) is 5.14. The van der Waals surface area contributed by atoms with Gasteiger partial charge in [0.2, 0.25) is 5.91 Å². The number of hydrogen-bond donors (Lipinski definition) is 1. The first-order valence-electron chi connectivity index (χ1n) is 9.21. The zero-order valence-corrected chi connectivity index (χ0v) is 16.1. The van der Waals surface area contributed by atoms with E-state index < -0.39 is 5.54 Å². The maximum Gasteiger partial charge on any atom is 0.248 e. The number of amides is 1. The van der Waals surface area contributed by atoms with E-state index in [1.165, 1.54) is 0 Å². The van der Waals surface area contributed by atoms with Gasteiger partial charge in [0.05, 0.1) is 0 Å². The van der Waals surface area contributed by atoms with Crippen molar-refractivity contribution in [3.63, 3.8) is 0 Å². The number of hydrogen-bond acceptors (Lipinski definition) is 6. The molecule has 7 nitrogen and oxygen atoms in total. The highest BCUT2D eigenvalue weighted by Crippen LogP contribution is 2.34. The van der Waals surface area contributed by atoms with Gasteiger partial charge in [0.15, 0.2) is 0 Å². The van der Waals surface area contributed by atoms with E-state index >= 15 is 0 Å². The monoisotopic (exact) mass is 382 g/mol. The van der Waals surface area contributed by atoms with Crippen molar-refractivity contribution in [2.45, 2.75) is 51.1 Å². The van der Waals surface area contributed by atoms with Gasteiger partial charge in [-0.3, -0.25) is 4.79 Å². The summed E-state index contributed by atoms with van der Waals surface area (Å²) in [6.45, 7) is 2.47. The van der Waals surface area contributed by atoms with Gasteiger partial charge in [0.1, 0.15) is 16.9 Å². The molecule has 2 aromatic heterocycles. The van der Waals surface area contributed by atoms with E-state index in [9.17, 15) is 4.79 Å². The first-order valence-corrected chi connectivity index (χ1v) is 10.1. The minimum atomic E-state index is -0.675. The van der Waals surface area contributed by atoms with E-state index in [4.69, 9.17) is 0 Å². The molecule has 0 spiro atoms. The minimum Gasteiger partial charge on any atom is -0.350 e. The minimum absolute atomic E-state index is 0.00926. The molecule has 3 aromatic rings. The van der Waals surface area contributed by atoms with Crippen LogP contribution in [-0.4, -0.2) is 31.1 Å². The SMILES string of the molecule is Cc1csc(-c2cccc(CNC(=O)C3(n4cnnn4)CCCCC3)c2)n1. The van der Waals surface area contributed by atoms with Gasteiger partial charge in [0.25, 0.3) is 0 Å². The highest BCUT2D eigenvalue weighted by atomic mass is 32.1. The van der Waals surface area contributed by atoms with Crippen molar-refractivity contribution in [1.29, 1.82) is 0 Å². The molecule has 0 aliphatic heterocycles. The number of aryl methyl sites for hydroxylation is 1. The van der Waals surface area contributed by atoms with Crippen LogP contribution in [0.5, 0.6) is 0 Å². The van der Waals surface area contributed by atoms with Crippen LogP contribution < -0.4 is 5.32 Å². The van der Waals surface area contributed by atoms with Crippen molar-refractivity contribution in [2.75, 3.05) is 0 Å². The first-order chi connectivity index (χ1) is 13.2. The Hall–Kier alpha value is -2.61. The molecule has 1 aliphatic carbocycles. The number of nitrogens with one attached hydrogen (secondary N) is 1. The first kappa shape index (κ1) is 17.8. The van der Waals surface area contributed by atoms with Crippen LogP contribution in [0.1, 0.15) is 43.4 Å². The smallest absolute Gasteiger partial charge is 0.248 e. The number of carbonyl (C=O) groups is 1. The Bertz CT molecular complexity index is 914. The van der Waals surface area contributed by atoms with Crippen LogP contribution in [0.4, 0.5) is 0 Å². The summed E-state index contributed by atoms with van der Waals surface area (Å²) in [5.74, 6) is -0.00926. The Balaban J connectivity index is 1.50. The molecule has 1 fully saturated rings. The summed E-state index contributed by atoms with van der Waals surface area (Å²) < 4.78 is 1.64. The summed E-state index contributed by atoms with van der Waals surface area (Å²) in [6.07, 6.45) is 6.24. The van der Waals surface area contributed by atoms with Crippen molar-refractivity contribution in [1.82, 2.24) is 30.5 Å². The van der Waals surface area contributed by atoms with Gasteiger partial charge in [0, 0.05) is 23.2 Å². The van der Waals surface area contributed by atoms with Crippen molar-refractivity contribution in [2.24, 2.45) is 0 Å². The van der Waals surface area contributed by atoms with Gasteiger partial charge >= 0.3 is 0 Å². The van der Waals surface area contributed by atoms with Crippen molar-refractivity contribution < 1.29 is 4.79 Å². The lowest BCUT2D eigenvalue weighted by atomic mass is 9.81. The van der Waals surface area contributed by atoms with E-state index in [0.29, 0.717) is 6.54 Å². The Morgan fingerprint density at radius 2 is 2.15 bits per heavy atom. The third-order valence-corrected chi connectivity index (χ3v) is 6.15. The fourth-order valence-electron chi connectivity index (χ4n) is 3.70. The number of rotatable bonds is 5. The second-order valence-corrected chi connectivity index (χ2v) is 7.88. The van der Waals surface area contributed by atoms with E-state index in [1.54, 1.807) is 22.3 Å². The lowest BCUT2D eigenvalue weighted by Crippen LogP contribution is -2.50. The van der Waals surface area contributed by atoms with Crippen molar-refractivity contribution in [3.8, 4) is 10.6 Å². The molecule has 140 valence electrons. The number of aromatic nitrogens is 5. The van der Waals surface area contributed by atoms with Crippen LogP contribution >= 0.6 is 11.3 Å². The molecule has 4 rings (SSSR count). The lowest BCUT2D eigenvalue weighted by Gasteiger charge is -2.35. The molecule has 0 saturated heterocycles. The fourth-order valence-corrected chi connectivity index (χ4v) is 4.50. The van der Waals surface area contributed by atoms with Crippen molar-refractivity contribution >= 4 is 17.2 Å². The topological polar surface area (TPSA) is 85.6 Å². The molecule has 2 heterocycles. The quantitative estimate of drug-likeness (QED) is 0.733. The Labute approximate surface area is 161 Å². The van der Waals surface area contributed by atoms with E-state index in [1.807, 2.05) is 30.5 Å².